The maximum atomic E-state index is 3.72. The Bertz CT molecular complexity index is 222. The molecule has 0 saturated heterocycles. The second-order valence-corrected chi connectivity index (χ2v) is 7.14. The van der Waals surface area contributed by atoms with Gasteiger partial charge in [0.25, 0.3) is 0 Å². The Morgan fingerprint density at radius 2 is 1.42 bits per heavy atom. The summed E-state index contributed by atoms with van der Waals surface area (Å²) >= 11 is 0. The summed E-state index contributed by atoms with van der Waals surface area (Å²) in [5.41, 5.74) is 0. The topological polar surface area (TPSA) is 12.0 Å². The maximum absolute atomic E-state index is 3.72. The molecule has 2 aliphatic rings. The van der Waals surface area contributed by atoms with Gasteiger partial charge in [-0.15, -0.1) is 0 Å². The van der Waals surface area contributed by atoms with E-state index in [1.807, 2.05) is 0 Å². The number of hydrogen-bond donors (Lipinski definition) is 1. The highest BCUT2D eigenvalue weighted by Gasteiger charge is 2.31. The van der Waals surface area contributed by atoms with Crippen LogP contribution in [0.3, 0.4) is 0 Å². The molecule has 2 aliphatic carbocycles. The second kappa shape index (κ2) is 8.29. The van der Waals surface area contributed by atoms with Gasteiger partial charge in [-0.1, -0.05) is 58.3 Å². The lowest BCUT2D eigenvalue weighted by Crippen LogP contribution is -2.41. The van der Waals surface area contributed by atoms with E-state index < -0.39 is 0 Å². The fraction of sp³-hybridized carbons (Fsp3) is 1.00. The van der Waals surface area contributed by atoms with Crippen LogP contribution in [0.4, 0.5) is 0 Å². The van der Waals surface area contributed by atoms with Crippen molar-refractivity contribution < 1.29 is 0 Å². The van der Waals surface area contributed by atoms with Gasteiger partial charge in [0.15, 0.2) is 0 Å². The van der Waals surface area contributed by atoms with E-state index in [1.54, 1.807) is 0 Å². The molecule has 112 valence electrons. The molecule has 0 aromatic heterocycles. The summed E-state index contributed by atoms with van der Waals surface area (Å²) in [5.74, 6) is 2.99. The van der Waals surface area contributed by atoms with Crippen molar-refractivity contribution >= 4 is 0 Å². The molecule has 0 aromatic rings. The lowest BCUT2D eigenvalue weighted by Gasteiger charge is -2.38. The molecule has 1 atom stereocenters. The zero-order valence-electron chi connectivity index (χ0n) is 13.3. The molecule has 2 rings (SSSR count). The Labute approximate surface area is 120 Å². The van der Waals surface area contributed by atoms with E-state index in [1.165, 1.54) is 77.0 Å². The molecule has 0 aromatic carbocycles. The summed E-state index contributed by atoms with van der Waals surface area (Å²) in [6.45, 7) is 2.34. The third-order valence-electron chi connectivity index (χ3n) is 5.84. The van der Waals surface area contributed by atoms with Gasteiger partial charge in [-0.3, -0.25) is 0 Å². The first-order chi connectivity index (χ1) is 9.35. The third kappa shape index (κ3) is 4.48. The summed E-state index contributed by atoms with van der Waals surface area (Å²) < 4.78 is 0. The molecule has 0 aliphatic heterocycles. The van der Waals surface area contributed by atoms with E-state index in [4.69, 9.17) is 0 Å². The largest absolute Gasteiger partial charge is 0.316 e. The summed E-state index contributed by atoms with van der Waals surface area (Å²) in [5, 5.41) is 3.72. The highest BCUT2D eigenvalue weighted by Crippen LogP contribution is 2.37. The first-order valence-corrected chi connectivity index (χ1v) is 9.02. The SMILES string of the molecule is CCCC1CCC(C(NC)C2CCCCCC2)CC1. The minimum atomic E-state index is 0.820. The van der Waals surface area contributed by atoms with Gasteiger partial charge in [-0.25, -0.2) is 0 Å². The summed E-state index contributed by atoms with van der Waals surface area (Å²) in [7, 11) is 2.22. The average Bonchev–Trinajstić information content (AvgIpc) is 2.71. The molecule has 1 unspecified atom stereocenters. The Kier molecular flexibility index (Phi) is 6.70. The zero-order valence-corrected chi connectivity index (χ0v) is 13.3. The van der Waals surface area contributed by atoms with Crippen molar-refractivity contribution in [2.45, 2.75) is 90.0 Å². The molecular formula is C18H35N. The predicted octanol–water partition coefficient (Wildman–Crippen LogP) is 5.15. The van der Waals surface area contributed by atoms with Crippen molar-refractivity contribution in [2.75, 3.05) is 7.05 Å². The molecule has 0 bridgehead atoms. The maximum Gasteiger partial charge on any atom is 0.0121 e. The van der Waals surface area contributed by atoms with Crippen LogP contribution < -0.4 is 5.32 Å². The van der Waals surface area contributed by atoms with Crippen LogP contribution in [0.15, 0.2) is 0 Å². The average molecular weight is 265 g/mol. The fourth-order valence-electron chi connectivity index (χ4n) is 4.77. The Morgan fingerprint density at radius 3 is 1.95 bits per heavy atom. The van der Waals surface area contributed by atoms with Crippen molar-refractivity contribution in [3.8, 4) is 0 Å². The molecule has 1 nitrogen and oxygen atoms in total. The van der Waals surface area contributed by atoms with Gasteiger partial charge in [0.2, 0.25) is 0 Å². The van der Waals surface area contributed by atoms with E-state index in [0.717, 1.165) is 23.8 Å². The molecular weight excluding hydrogens is 230 g/mol. The van der Waals surface area contributed by atoms with Gasteiger partial charge in [0.05, 0.1) is 0 Å². The molecule has 0 heterocycles. The van der Waals surface area contributed by atoms with Gasteiger partial charge in [0.1, 0.15) is 0 Å². The molecule has 0 spiro atoms. The zero-order chi connectivity index (χ0) is 13.5. The van der Waals surface area contributed by atoms with Gasteiger partial charge in [-0.05, 0) is 50.5 Å². The highest BCUT2D eigenvalue weighted by atomic mass is 14.9. The second-order valence-electron chi connectivity index (χ2n) is 7.14. The van der Waals surface area contributed by atoms with Gasteiger partial charge in [0, 0.05) is 6.04 Å². The van der Waals surface area contributed by atoms with E-state index in [-0.39, 0.29) is 0 Å². The van der Waals surface area contributed by atoms with Crippen LogP contribution in [0, 0.1) is 17.8 Å². The molecule has 0 radical (unpaired) electrons. The summed E-state index contributed by atoms with van der Waals surface area (Å²) in [4.78, 5) is 0. The van der Waals surface area contributed by atoms with Crippen LogP contribution in [0.5, 0.6) is 0 Å². The molecule has 19 heavy (non-hydrogen) atoms. The van der Waals surface area contributed by atoms with Gasteiger partial charge < -0.3 is 5.32 Å². The van der Waals surface area contributed by atoms with Crippen molar-refractivity contribution in [2.24, 2.45) is 17.8 Å². The van der Waals surface area contributed by atoms with Crippen molar-refractivity contribution in [1.82, 2.24) is 5.32 Å². The van der Waals surface area contributed by atoms with Crippen molar-refractivity contribution in [3.05, 3.63) is 0 Å². The lowest BCUT2D eigenvalue weighted by atomic mass is 9.72. The highest BCUT2D eigenvalue weighted by molar-refractivity contribution is 4.86. The summed E-state index contributed by atoms with van der Waals surface area (Å²) in [6.07, 6.45) is 17.7. The fourth-order valence-corrected chi connectivity index (χ4v) is 4.77. The number of rotatable bonds is 5. The molecule has 2 fully saturated rings. The smallest absolute Gasteiger partial charge is 0.0121 e. The van der Waals surface area contributed by atoms with Crippen LogP contribution in [0.25, 0.3) is 0 Å². The molecule has 1 heteroatoms. The number of hydrogen-bond acceptors (Lipinski definition) is 1. The van der Waals surface area contributed by atoms with Crippen molar-refractivity contribution in [3.63, 3.8) is 0 Å². The van der Waals surface area contributed by atoms with E-state index in [0.29, 0.717) is 0 Å². The minimum Gasteiger partial charge on any atom is -0.316 e. The molecule has 0 amide bonds. The minimum absolute atomic E-state index is 0.820. The third-order valence-corrected chi connectivity index (χ3v) is 5.84. The lowest BCUT2D eigenvalue weighted by molar-refractivity contribution is 0.170. The van der Waals surface area contributed by atoms with E-state index in [2.05, 4.69) is 19.3 Å². The van der Waals surface area contributed by atoms with Crippen LogP contribution in [-0.2, 0) is 0 Å². The normalized spacial score (nSPS) is 31.9. The predicted molar refractivity (Wildman–Crippen MR) is 84.4 cm³/mol. The van der Waals surface area contributed by atoms with Crippen LogP contribution in [-0.4, -0.2) is 13.1 Å². The first kappa shape index (κ1) is 15.4. The van der Waals surface area contributed by atoms with E-state index >= 15 is 0 Å². The Balaban J connectivity index is 1.84. The summed E-state index contributed by atoms with van der Waals surface area (Å²) in [6, 6.07) is 0.820. The van der Waals surface area contributed by atoms with Crippen molar-refractivity contribution in [1.29, 1.82) is 0 Å². The number of nitrogens with one attached hydrogen (secondary N) is 1. The quantitative estimate of drug-likeness (QED) is 0.678. The van der Waals surface area contributed by atoms with Crippen LogP contribution in [0.2, 0.25) is 0 Å². The monoisotopic (exact) mass is 265 g/mol. The Morgan fingerprint density at radius 1 is 0.842 bits per heavy atom. The Hall–Kier alpha value is -0.0400. The first-order valence-electron chi connectivity index (χ1n) is 9.02. The van der Waals surface area contributed by atoms with Gasteiger partial charge >= 0.3 is 0 Å². The molecule has 2 saturated carbocycles. The van der Waals surface area contributed by atoms with Crippen LogP contribution >= 0.6 is 0 Å². The van der Waals surface area contributed by atoms with E-state index in [9.17, 15) is 0 Å². The standard InChI is InChI=1S/C18H35N/c1-3-8-15-11-13-17(14-12-15)18(19-2)16-9-6-4-5-7-10-16/h15-19H,3-14H2,1-2H3. The van der Waals surface area contributed by atoms with Crippen LogP contribution in [0.1, 0.15) is 84.0 Å². The van der Waals surface area contributed by atoms with Gasteiger partial charge in [-0.2, -0.15) is 0 Å². The molecule has 1 N–H and O–H groups in total.